The van der Waals surface area contributed by atoms with Crippen LogP contribution in [0.1, 0.15) is 62.2 Å². The minimum Gasteiger partial charge on any atom is -0.349 e. The molecule has 0 fully saturated rings. The molecule has 0 bridgehead atoms. The largest absolute Gasteiger partial charge is 0.349 e. The van der Waals surface area contributed by atoms with Crippen molar-refractivity contribution in [3.63, 3.8) is 0 Å². The highest BCUT2D eigenvalue weighted by Gasteiger charge is 2.16. The van der Waals surface area contributed by atoms with Crippen molar-refractivity contribution in [2.75, 3.05) is 0 Å². The maximum Gasteiger partial charge on any atom is 0.222 e. The highest BCUT2D eigenvalue weighted by molar-refractivity contribution is 5.76. The summed E-state index contributed by atoms with van der Waals surface area (Å²) < 4.78 is 3.84. The zero-order chi connectivity index (χ0) is 17.1. The second kappa shape index (κ2) is 6.93. The second-order valence-electron chi connectivity index (χ2n) is 6.39. The Morgan fingerprint density at radius 3 is 2.48 bits per heavy atom. The lowest BCUT2D eigenvalue weighted by atomic mass is 10.2. The van der Waals surface area contributed by atoms with Crippen molar-refractivity contribution >= 4 is 5.91 Å². The summed E-state index contributed by atoms with van der Waals surface area (Å²) in [7, 11) is 1.93. The molecular weight excluding hydrogens is 292 g/mol. The first-order valence-corrected chi connectivity index (χ1v) is 7.97. The first kappa shape index (κ1) is 17.2. The lowest BCUT2D eigenvalue weighted by molar-refractivity contribution is -0.122. The third kappa shape index (κ3) is 3.97. The average Bonchev–Trinajstić information content (AvgIpc) is 2.99. The molecule has 1 unspecified atom stereocenters. The number of aryl methyl sites for hydroxylation is 2. The maximum absolute atomic E-state index is 12.2. The van der Waals surface area contributed by atoms with Crippen LogP contribution in [0.5, 0.6) is 0 Å². The van der Waals surface area contributed by atoms with Crippen molar-refractivity contribution in [2.45, 2.75) is 59.5 Å². The molecule has 0 saturated heterocycles. The topological polar surface area (TPSA) is 77.6 Å². The van der Waals surface area contributed by atoms with E-state index in [0.29, 0.717) is 18.9 Å². The van der Waals surface area contributed by atoms with E-state index in [-0.39, 0.29) is 11.9 Å². The quantitative estimate of drug-likeness (QED) is 0.884. The molecule has 2 aromatic heterocycles. The normalized spacial score (nSPS) is 12.7. The van der Waals surface area contributed by atoms with Gasteiger partial charge in [-0.3, -0.25) is 9.48 Å². The molecule has 7 nitrogen and oxygen atoms in total. The van der Waals surface area contributed by atoms with Crippen LogP contribution in [0.3, 0.4) is 0 Å². The number of aromatic nitrogens is 5. The smallest absolute Gasteiger partial charge is 0.222 e. The number of carbonyl (C=O) groups excluding carboxylic acids is 1. The number of hydrogen-bond donors (Lipinski definition) is 1. The van der Waals surface area contributed by atoms with Crippen molar-refractivity contribution in [2.24, 2.45) is 7.05 Å². The monoisotopic (exact) mass is 318 g/mol. The predicted octanol–water partition coefficient (Wildman–Crippen LogP) is 2.02. The molecule has 7 heteroatoms. The molecule has 2 heterocycles. The van der Waals surface area contributed by atoms with Gasteiger partial charge >= 0.3 is 0 Å². The Bertz CT molecular complexity index is 685. The van der Waals surface area contributed by atoms with Crippen LogP contribution in [-0.2, 0) is 18.4 Å². The van der Waals surface area contributed by atoms with E-state index in [1.807, 2.05) is 43.1 Å². The van der Waals surface area contributed by atoms with Crippen LogP contribution in [0.2, 0.25) is 0 Å². The molecule has 23 heavy (non-hydrogen) atoms. The fourth-order valence-corrected chi connectivity index (χ4v) is 2.73. The van der Waals surface area contributed by atoms with E-state index >= 15 is 0 Å². The lowest BCUT2D eigenvalue weighted by Crippen LogP contribution is -2.27. The molecule has 2 rings (SSSR count). The number of amides is 1. The summed E-state index contributed by atoms with van der Waals surface area (Å²) in [6, 6.07) is 2.04. The number of nitrogens with zero attached hydrogens (tertiary/aromatic N) is 5. The molecule has 0 radical (unpaired) electrons. The molecule has 0 spiro atoms. The standard InChI is InChI=1S/C16H26N6O/c1-10(2)16-19-18-14(21(16)6)9-17-15(23)8-13(5)22-12(4)7-11(3)20-22/h7,10,13H,8-9H2,1-6H3,(H,17,23). The molecule has 2 aromatic rings. The number of nitrogens with one attached hydrogen (secondary N) is 1. The van der Waals surface area contributed by atoms with Gasteiger partial charge in [0.2, 0.25) is 5.91 Å². The number of rotatable bonds is 6. The Morgan fingerprint density at radius 2 is 1.96 bits per heavy atom. The number of carbonyl (C=O) groups is 1. The van der Waals surface area contributed by atoms with Crippen LogP contribution in [0.4, 0.5) is 0 Å². The Balaban J connectivity index is 1.91. The van der Waals surface area contributed by atoms with Crippen LogP contribution in [0, 0.1) is 13.8 Å². The van der Waals surface area contributed by atoms with Gasteiger partial charge in [0.15, 0.2) is 5.82 Å². The summed E-state index contributed by atoms with van der Waals surface area (Å²) in [5.41, 5.74) is 2.03. The maximum atomic E-state index is 12.2. The fourth-order valence-electron chi connectivity index (χ4n) is 2.73. The van der Waals surface area contributed by atoms with Crippen molar-refractivity contribution in [3.05, 3.63) is 29.1 Å². The van der Waals surface area contributed by atoms with Gasteiger partial charge in [0.05, 0.1) is 18.3 Å². The summed E-state index contributed by atoms with van der Waals surface area (Å²) in [5.74, 6) is 1.98. The summed E-state index contributed by atoms with van der Waals surface area (Å²) in [5, 5.41) is 15.7. The highest BCUT2D eigenvalue weighted by atomic mass is 16.1. The van der Waals surface area contributed by atoms with Gasteiger partial charge in [-0.2, -0.15) is 5.10 Å². The van der Waals surface area contributed by atoms with Crippen molar-refractivity contribution < 1.29 is 4.79 Å². The van der Waals surface area contributed by atoms with Gasteiger partial charge in [0.25, 0.3) is 0 Å². The average molecular weight is 318 g/mol. The fraction of sp³-hybridized carbons (Fsp3) is 0.625. The zero-order valence-electron chi connectivity index (χ0n) is 14.8. The summed E-state index contributed by atoms with van der Waals surface area (Å²) in [6.45, 7) is 10.5. The van der Waals surface area contributed by atoms with Gasteiger partial charge in [-0.05, 0) is 26.8 Å². The Kier molecular flexibility index (Phi) is 5.18. The molecule has 0 aliphatic heterocycles. The van der Waals surface area contributed by atoms with Gasteiger partial charge in [0, 0.05) is 25.1 Å². The third-order valence-electron chi connectivity index (χ3n) is 3.90. The van der Waals surface area contributed by atoms with E-state index in [0.717, 1.165) is 23.0 Å². The molecule has 0 aromatic carbocycles. The van der Waals surface area contributed by atoms with Gasteiger partial charge in [0.1, 0.15) is 5.82 Å². The Labute approximate surface area is 137 Å². The van der Waals surface area contributed by atoms with E-state index in [1.54, 1.807) is 0 Å². The zero-order valence-corrected chi connectivity index (χ0v) is 14.8. The predicted molar refractivity (Wildman–Crippen MR) is 88.0 cm³/mol. The summed E-state index contributed by atoms with van der Waals surface area (Å²) in [4.78, 5) is 12.2. The van der Waals surface area contributed by atoms with E-state index in [1.165, 1.54) is 0 Å². The molecular formula is C16H26N6O. The first-order valence-electron chi connectivity index (χ1n) is 7.97. The van der Waals surface area contributed by atoms with Crippen LogP contribution in [0.25, 0.3) is 0 Å². The number of hydrogen-bond acceptors (Lipinski definition) is 4. The molecule has 0 saturated carbocycles. The second-order valence-corrected chi connectivity index (χ2v) is 6.39. The summed E-state index contributed by atoms with van der Waals surface area (Å²) >= 11 is 0. The van der Waals surface area contributed by atoms with Crippen LogP contribution in [-0.4, -0.2) is 30.5 Å². The Morgan fingerprint density at radius 1 is 1.26 bits per heavy atom. The lowest BCUT2D eigenvalue weighted by Gasteiger charge is -2.14. The van der Waals surface area contributed by atoms with Crippen molar-refractivity contribution in [1.82, 2.24) is 29.9 Å². The van der Waals surface area contributed by atoms with Crippen molar-refractivity contribution in [3.8, 4) is 0 Å². The minimum atomic E-state index is -0.0147. The minimum absolute atomic E-state index is 0.0147. The molecule has 1 atom stereocenters. The van der Waals surface area contributed by atoms with Gasteiger partial charge in [-0.25, -0.2) is 0 Å². The van der Waals surface area contributed by atoms with E-state index in [9.17, 15) is 4.79 Å². The van der Waals surface area contributed by atoms with E-state index in [2.05, 4.69) is 34.5 Å². The summed E-state index contributed by atoms with van der Waals surface area (Å²) in [6.07, 6.45) is 0.386. The molecule has 126 valence electrons. The highest BCUT2D eigenvalue weighted by Crippen LogP contribution is 2.14. The molecule has 0 aliphatic rings. The van der Waals surface area contributed by atoms with Crippen molar-refractivity contribution in [1.29, 1.82) is 0 Å². The van der Waals surface area contributed by atoms with Crippen LogP contribution in [0.15, 0.2) is 6.07 Å². The van der Waals surface area contributed by atoms with E-state index < -0.39 is 0 Å². The van der Waals surface area contributed by atoms with Crippen LogP contribution >= 0.6 is 0 Å². The van der Waals surface area contributed by atoms with Gasteiger partial charge < -0.3 is 9.88 Å². The first-order chi connectivity index (χ1) is 10.8. The molecule has 1 N–H and O–H groups in total. The third-order valence-corrected chi connectivity index (χ3v) is 3.90. The Hall–Kier alpha value is -2.18. The SMILES string of the molecule is Cc1cc(C)n(C(C)CC(=O)NCc2nnc(C(C)C)n2C)n1. The van der Waals surface area contributed by atoms with Gasteiger partial charge in [-0.1, -0.05) is 13.8 Å². The van der Waals surface area contributed by atoms with E-state index in [4.69, 9.17) is 0 Å². The molecule has 1 amide bonds. The van der Waals surface area contributed by atoms with Gasteiger partial charge in [-0.15, -0.1) is 10.2 Å². The molecule has 0 aliphatic carbocycles. The van der Waals surface area contributed by atoms with Crippen LogP contribution < -0.4 is 5.32 Å².